The SMILES string of the molecule is CCN(C(=O)c1cccc(C(=O)N(C)c2ccccc2)c1)c1ccccc1. The van der Waals surface area contributed by atoms with E-state index in [2.05, 4.69) is 0 Å². The van der Waals surface area contributed by atoms with Gasteiger partial charge >= 0.3 is 0 Å². The highest BCUT2D eigenvalue weighted by molar-refractivity contribution is 6.10. The van der Waals surface area contributed by atoms with Crippen LogP contribution in [-0.2, 0) is 0 Å². The van der Waals surface area contributed by atoms with E-state index >= 15 is 0 Å². The molecule has 0 spiro atoms. The van der Waals surface area contributed by atoms with E-state index in [4.69, 9.17) is 0 Å². The molecule has 0 unspecified atom stereocenters. The molecular formula is C23H22N2O2. The Morgan fingerprint density at radius 2 is 1.22 bits per heavy atom. The predicted octanol–water partition coefficient (Wildman–Crippen LogP) is 4.63. The highest BCUT2D eigenvalue weighted by atomic mass is 16.2. The van der Waals surface area contributed by atoms with Crippen LogP contribution in [0.5, 0.6) is 0 Å². The Morgan fingerprint density at radius 3 is 1.78 bits per heavy atom. The molecule has 0 N–H and O–H groups in total. The first-order valence-electron chi connectivity index (χ1n) is 8.92. The molecule has 0 atom stereocenters. The van der Waals surface area contributed by atoms with E-state index in [1.54, 1.807) is 41.1 Å². The normalized spacial score (nSPS) is 10.3. The van der Waals surface area contributed by atoms with Gasteiger partial charge < -0.3 is 9.80 Å². The molecule has 136 valence electrons. The van der Waals surface area contributed by atoms with Crippen molar-refractivity contribution in [3.05, 3.63) is 96.1 Å². The molecule has 0 aromatic heterocycles. The lowest BCUT2D eigenvalue weighted by Gasteiger charge is -2.22. The smallest absolute Gasteiger partial charge is 0.258 e. The number of para-hydroxylation sites is 2. The average Bonchev–Trinajstić information content (AvgIpc) is 2.74. The lowest BCUT2D eigenvalue weighted by Crippen LogP contribution is -2.31. The second kappa shape index (κ2) is 8.32. The van der Waals surface area contributed by atoms with Gasteiger partial charge in [-0.15, -0.1) is 0 Å². The Kier molecular flexibility index (Phi) is 5.67. The fourth-order valence-corrected chi connectivity index (χ4v) is 2.95. The molecule has 3 aromatic carbocycles. The molecule has 0 fully saturated rings. The van der Waals surface area contributed by atoms with E-state index in [1.165, 1.54) is 0 Å². The summed E-state index contributed by atoms with van der Waals surface area (Å²) in [4.78, 5) is 29.1. The summed E-state index contributed by atoms with van der Waals surface area (Å²) in [7, 11) is 1.73. The van der Waals surface area contributed by atoms with Crippen LogP contribution in [0.25, 0.3) is 0 Å². The summed E-state index contributed by atoms with van der Waals surface area (Å²) in [5, 5.41) is 0. The van der Waals surface area contributed by atoms with Crippen LogP contribution in [0.4, 0.5) is 11.4 Å². The second-order valence-corrected chi connectivity index (χ2v) is 6.17. The molecule has 27 heavy (non-hydrogen) atoms. The number of carbonyl (C=O) groups is 2. The van der Waals surface area contributed by atoms with Crippen molar-refractivity contribution in [2.24, 2.45) is 0 Å². The third-order valence-corrected chi connectivity index (χ3v) is 4.43. The van der Waals surface area contributed by atoms with Crippen LogP contribution in [0.1, 0.15) is 27.6 Å². The molecule has 3 aromatic rings. The maximum Gasteiger partial charge on any atom is 0.258 e. The summed E-state index contributed by atoms with van der Waals surface area (Å²) in [6.45, 7) is 2.48. The van der Waals surface area contributed by atoms with Crippen molar-refractivity contribution in [1.29, 1.82) is 0 Å². The minimum absolute atomic E-state index is 0.124. The molecule has 2 amide bonds. The van der Waals surface area contributed by atoms with Crippen LogP contribution in [0, 0.1) is 0 Å². The fraction of sp³-hybridized carbons (Fsp3) is 0.130. The Balaban J connectivity index is 1.86. The quantitative estimate of drug-likeness (QED) is 0.667. The number of hydrogen-bond donors (Lipinski definition) is 0. The zero-order valence-corrected chi connectivity index (χ0v) is 15.5. The second-order valence-electron chi connectivity index (χ2n) is 6.17. The summed E-state index contributed by atoms with van der Waals surface area (Å²) in [5.74, 6) is -0.278. The average molecular weight is 358 g/mol. The van der Waals surface area contributed by atoms with E-state index in [0.717, 1.165) is 11.4 Å². The first-order chi connectivity index (χ1) is 13.1. The van der Waals surface area contributed by atoms with E-state index in [1.807, 2.05) is 67.6 Å². The number of anilines is 2. The summed E-state index contributed by atoms with van der Waals surface area (Å²) in [6.07, 6.45) is 0. The van der Waals surface area contributed by atoms with Gasteiger partial charge in [0.15, 0.2) is 0 Å². The van der Waals surface area contributed by atoms with Gasteiger partial charge in [0, 0.05) is 36.1 Å². The van der Waals surface area contributed by atoms with Crippen molar-refractivity contribution in [2.45, 2.75) is 6.92 Å². The zero-order valence-electron chi connectivity index (χ0n) is 15.5. The fourth-order valence-electron chi connectivity index (χ4n) is 2.95. The molecule has 0 aliphatic carbocycles. The van der Waals surface area contributed by atoms with Gasteiger partial charge in [0.05, 0.1) is 0 Å². The van der Waals surface area contributed by atoms with Crippen molar-refractivity contribution in [3.8, 4) is 0 Å². The molecular weight excluding hydrogens is 336 g/mol. The van der Waals surface area contributed by atoms with Gasteiger partial charge in [0.1, 0.15) is 0 Å². The van der Waals surface area contributed by atoms with Crippen LogP contribution in [0.3, 0.4) is 0 Å². The lowest BCUT2D eigenvalue weighted by atomic mass is 10.1. The van der Waals surface area contributed by atoms with Crippen molar-refractivity contribution in [3.63, 3.8) is 0 Å². The number of nitrogens with zero attached hydrogens (tertiary/aromatic N) is 2. The van der Waals surface area contributed by atoms with Gasteiger partial charge in [0.2, 0.25) is 0 Å². The molecule has 0 aliphatic heterocycles. The van der Waals surface area contributed by atoms with E-state index < -0.39 is 0 Å². The van der Waals surface area contributed by atoms with Crippen molar-refractivity contribution >= 4 is 23.2 Å². The Hall–Kier alpha value is -3.40. The summed E-state index contributed by atoms with van der Waals surface area (Å²) in [6, 6.07) is 25.8. The number of hydrogen-bond acceptors (Lipinski definition) is 2. The van der Waals surface area contributed by atoms with E-state index in [9.17, 15) is 9.59 Å². The highest BCUT2D eigenvalue weighted by Gasteiger charge is 2.19. The molecule has 0 bridgehead atoms. The van der Waals surface area contributed by atoms with Gasteiger partial charge in [-0.05, 0) is 49.4 Å². The van der Waals surface area contributed by atoms with Crippen molar-refractivity contribution in [1.82, 2.24) is 0 Å². The van der Waals surface area contributed by atoms with Crippen LogP contribution < -0.4 is 9.80 Å². The van der Waals surface area contributed by atoms with Crippen LogP contribution in [0.15, 0.2) is 84.9 Å². The molecule has 4 heteroatoms. The highest BCUT2D eigenvalue weighted by Crippen LogP contribution is 2.19. The van der Waals surface area contributed by atoms with Gasteiger partial charge in [-0.2, -0.15) is 0 Å². The maximum absolute atomic E-state index is 13.0. The Labute approximate surface area is 159 Å². The summed E-state index contributed by atoms with van der Waals surface area (Å²) >= 11 is 0. The Morgan fingerprint density at radius 1 is 0.704 bits per heavy atom. The minimum Gasteiger partial charge on any atom is -0.311 e. The third-order valence-electron chi connectivity index (χ3n) is 4.43. The van der Waals surface area contributed by atoms with Gasteiger partial charge in [-0.1, -0.05) is 42.5 Å². The number of amides is 2. The molecule has 0 saturated heterocycles. The molecule has 0 radical (unpaired) electrons. The topological polar surface area (TPSA) is 40.6 Å². The van der Waals surface area contributed by atoms with Crippen molar-refractivity contribution < 1.29 is 9.59 Å². The van der Waals surface area contributed by atoms with Gasteiger partial charge in [-0.25, -0.2) is 0 Å². The summed E-state index contributed by atoms with van der Waals surface area (Å²) < 4.78 is 0. The standard InChI is InChI=1S/C23H22N2O2/c1-3-25(21-15-8-5-9-16-21)23(27)19-12-10-11-18(17-19)22(26)24(2)20-13-6-4-7-14-20/h4-17H,3H2,1-2H3. The first kappa shape index (κ1) is 18.4. The van der Waals surface area contributed by atoms with Crippen LogP contribution in [-0.4, -0.2) is 25.4 Å². The van der Waals surface area contributed by atoms with Gasteiger partial charge in [0.25, 0.3) is 11.8 Å². The van der Waals surface area contributed by atoms with E-state index in [0.29, 0.717) is 17.7 Å². The van der Waals surface area contributed by atoms with Crippen molar-refractivity contribution in [2.75, 3.05) is 23.4 Å². The zero-order chi connectivity index (χ0) is 19.2. The largest absolute Gasteiger partial charge is 0.311 e. The number of carbonyl (C=O) groups excluding carboxylic acids is 2. The third kappa shape index (κ3) is 4.06. The molecule has 3 rings (SSSR count). The van der Waals surface area contributed by atoms with Crippen LogP contribution >= 0.6 is 0 Å². The molecule has 0 aliphatic rings. The molecule has 0 heterocycles. The minimum atomic E-state index is -0.154. The Bertz CT molecular complexity index is 923. The number of benzene rings is 3. The molecule has 4 nitrogen and oxygen atoms in total. The summed E-state index contributed by atoms with van der Waals surface area (Å²) in [5.41, 5.74) is 2.62. The number of rotatable bonds is 5. The lowest BCUT2D eigenvalue weighted by molar-refractivity contribution is 0.0988. The van der Waals surface area contributed by atoms with E-state index in [-0.39, 0.29) is 11.8 Å². The first-order valence-corrected chi connectivity index (χ1v) is 8.92. The van der Waals surface area contributed by atoms with Gasteiger partial charge in [-0.3, -0.25) is 9.59 Å². The monoisotopic (exact) mass is 358 g/mol. The maximum atomic E-state index is 13.0. The predicted molar refractivity (Wildman–Crippen MR) is 109 cm³/mol. The molecule has 0 saturated carbocycles. The van der Waals surface area contributed by atoms with Crippen LogP contribution in [0.2, 0.25) is 0 Å².